The van der Waals surface area contributed by atoms with Crippen molar-refractivity contribution >= 4 is 11.8 Å². The number of amides is 2. The lowest BCUT2D eigenvalue weighted by Crippen LogP contribution is -2.39. The predicted octanol–water partition coefficient (Wildman–Crippen LogP) is 3.00. The number of ether oxygens (including phenoxy) is 1. The number of nitrogens with zero attached hydrogens (tertiary/aromatic N) is 1. The second kappa shape index (κ2) is 8.37. The van der Waals surface area contributed by atoms with E-state index in [9.17, 15) is 9.59 Å². The van der Waals surface area contributed by atoms with Crippen LogP contribution in [0.1, 0.15) is 55.8 Å². The van der Waals surface area contributed by atoms with Gasteiger partial charge in [0.2, 0.25) is 0 Å². The van der Waals surface area contributed by atoms with Crippen LogP contribution in [0.4, 0.5) is 0 Å². The molecule has 3 rings (SSSR count). The number of rotatable bonds is 5. The van der Waals surface area contributed by atoms with Crippen molar-refractivity contribution in [3.05, 3.63) is 29.8 Å². The fraction of sp³-hybridized carbons (Fsp3) is 0.600. The van der Waals surface area contributed by atoms with Crippen LogP contribution in [-0.2, 0) is 4.79 Å². The summed E-state index contributed by atoms with van der Waals surface area (Å²) in [6.07, 6.45) is 6.64. The molecule has 1 aromatic rings. The van der Waals surface area contributed by atoms with Crippen LogP contribution in [0.5, 0.6) is 5.75 Å². The molecule has 1 aliphatic heterocycles. The van der Waals surface area contributed by atoms with E-state index < -0.39 is 0 Å². The Kier molecular flexibility index (Phi) is 5.95. The Balaban J connectivity index is 1.43. The van der Waals surface area contributed by atoms with Crippen molar-refractivity contribution in [2.75, 3.05) is 19.7 Å². The molecule has 1 saturated heterocycles. The second-order valence-corrected chi connectivity index (χ2v) is 7.34. The summed E-state index contributed by atoms with van der Waals surface area (Å²) in [7, 11) is 0. The highest BCUT2D eigenvalue weighted by Crippen LogP contribution is 2.23. The van der Waals surface area contributed by atoms with E-state index in [1.54, 1.807) is 24.3 Å². The Morgan fingerprint density at radius 2 is 1.72 bits per heavy atom. The predicted molar refractivity (Wildman–Crippen MR) is 96.6 cm³/mol. The number of hydrogen-bond acceptors (Lipinski definition) is 3. The maximum atomic E-state index is 12.3. The lowest BCUT2D eigenvalue weighted by Gasteiger charge is -2.26. The zero-order valence-corrected chi connectivity index (χ0v) is 15.0. The Bertz CT molecular complexity index is 585. The summed E-state index contributed by atoms with van der Waals surface area (Å²) < 4.78 is 5.55. The fourth-order valence-corrected chi connectivity index (χ4v) is 3.62. The first-order valence-electron chi connectivity index (χ1n) is 9.43. The number of nitrogens with one attached hydrogen (secondary N) is 1. The smallest absolute Gasteiger partial charge is 0.258 e. The van der Waals surface area contributed by atoms with Gasteiger partial charge in [-0.05, 0) is 68.7 Å². The number of carbonyl (C=O) groups is 2. The first kappa shape index (κ1) is 17.8. The van der Waals surface area contributed by atoms with E-state index in [-0.39, 0.29) is 24.5 Å². The van der Waals surface area contributed by atoms with Crippen LogP contribution in [0, 0.1) is 5.92 Å². The maximum Gasteiger partial charge on any atom is 0.258 e. The van der Waals surface area contributed by atoms with Crippen LogP contribution in [-0.4, -0.2) is 42.5 Å². The van der Waals surface area contributed by atoms with E-state index in [1.807, 2.05) is 4.90 Å². The minimum Gasteiger partial charge on any atom is -0.484 e. The second-order valence-electron chi connectivity index (χ2n) is 7.34. The molecule has 0 bridgehead atoms. The molecule has 0 atom stereocenters. The molecule has 1 aromatic carbocycles. The molecule has 5 heteroatoms. The molecule has 1 aliphatic carbocycles. The molecular formula is C20H28N2O3. The lowest BCUT2D eigenvalue weighted by atomic mass is 9.87. The van der Waals surface area contributed by atoms with Gasteiger partial charge in [-0.2, -0.15) is 0 Å². The minimum absolute atomic E-state index is 0.0193. The first-order valence-corrected chi connectivity index (χ1v) is 9.43. The van der Waals surface area contributed by atoms with Crippen LogP contribution in [0.2, 0.25) is 0 Å². The van der Waals surface area contributed by atoms with Crippen molar-refractivity contribution in [1.82, 2.24) is 10.2 Å². The first-order chi connectivity index (χ1) is 12.1. The van der Waals surface area contributed by atoms with E-state index >= 15 is 0 Å². The van der Waals surface area contributed by atoms with Crippen molar-refractivity contribution < 1.29 is 14.3 Å². The van der Waals surface area contributed by atoms with Crippen molar-refractivity contribution in [1.29, 1.82) is 0 Å². The molecule has 5 nitrogen and oxygen atoms in total. The quantitative estimate of drug-likeness (QED) is 0.893. The highest BCUT2D eigenvalue weighted by atomic mass is 16.5. The number of hydrogen-bond donors (Lipinski definition) is 1. The topological polar surface area (TPSA) is 58.6 Å². The average molecular weight is 344 g/mol. The monoisotopic (exact) mass is 344 g/mol. The summed E-state index contributed by atoms with van der Waals surface area (Å²) in [5.74, 6) is 1.39. The molecule has 2 amide bonds. The fourth-order valence-electron chi connectivity index (χ4n) is 3.62. The van der Waals surface area contributed by atoms with Gasteiger partial charge in [-0.3, -0.25) is 9.59 Å². The van der Waals surface area contributed by atoms with Gasteiger partial charge in [0.25, 0.3) is 11.8 Å². The van der Waals surface area contributed by atoms with E-state index in [4.69, 9.17) is 4.74 Å². The van der Waals surface area contributed by atoms with Crippen molar-refractivity contribution in [3.63, 3.8) is 0 Å². The Morgan fingerprint density at radius 3 is 2.36 bits per heavy atom. The number of likely N-dealkylation sites (tertiary alicyclic amines) is 1. The number of benzene rings is 1. The molecule has 2 fully saturated rings. The Hall–Kier alpha value is -2.04. The summed E-state index contributed by atoms with van der Waals surface area (Å²) >= 11 is 0. The van der Waals surface area contributed by atoms with Gasteiger partial charge in [0.15, 0.2) is 6.61 Å². The van der Waals surface area contributed by atoms with E-state index in [0.29, 0.717) is 11.3 Å². The molecule has 1 heterocycles. The van der Waals surface area contributed by atoms with Crippen LogP contribution in [0.25, 0.3) is 0 Å². The van der Waals surface area contributed by atoms with Gasteiger partial charge in [0.1, 0.15) is 5.75 Å². The lowest BCUT2D eigenvalue weighted by molar-refractivity contribution is -0.124. The third-order valence-electron chi connectivity index (χ3n) is 5.25. The minimum atomic E-state index is -0.0724. The maximum absolute atomic E-state index is 12.3. The summed E-state index contributed by atoms with van der Waals surface area (Å²) in [6.45, 7) is 3.97. The van der Waals surface area contributed by atoms with E-state index in [0.717, 1.165) is 44.7 Å². The van der Waals surface area contributed by atoms with Crippen LogP contribution in [0.15, 0.2) is 24.3 Å². The standard InChI is InChI=1S/C20H28N2O3/c1-15-4-8-17(9-5-15)21-19(23)14-25-18-10-6-16(7-11-18)20(24)22-12-2-3-13-22/h6-7,10-11,15,17H,2-5,8-9,12-14H2,1H3,(H,21,23). The van der Waals surface area contributed by atoms with Crippen LogP contribution >= 0.6 is 0 Å². The van der Waals surface area contributed by atoms with E-state index in [2.05, 4.69) is 12.2 Å². The zero-order valence-electron chi connectivity index (χ0n) is 15.0. The van der Waals surface area contributed by atoms with Gasteiger partial charge in [0, 0.05) is 24.7 Å². The molecular weight excluding hydrogens is 316 g/mol. The molecule has 0 spiro atoms. The zero-order chi connectivity index (χ0) is 17.6. The van der Waals surface area contributed by atoms with Gasteiger partial charge >= 0.3 is 0 Å². The number of carbonyl (C=O) groups excluding carboxylic acids is 2. The normalized spacial score (nSPS) is 23.3. The van der Waals surface area contributed by atoms with Crippen molar-refractivity contribution in [2.45, 2.75) is 51.5 Å². The third-order valence-corrected chi connectivity index (χ3v) is 5.25. The molecule has 1 saturated carbocycles. The van der Waals surface area contributed by atoms with E-state index in [1.165, 1.54) is 12.8 Å². The van der Waals surface area contributed by atoms with Gasteiger partial charge in [-0.15, -0.1) is 0 Å². The molecule has 136 valence electrons. The SMILES string of the molecule is CC1CCC(NC(=O)COc2ccc(C(=O)N3CCCC3)cc2)CC1. The largest absolute Gasteiger partial charge is 0.484 e. The highest BCUT2D eigenvalue weighted by Gasteiger charge is 2.20. The summed E-state index contributed by atoms with van der Waals surface area (Å²) in [4.78, 5) is 26.2. The average Bonchev–Trinajstić information content (AvgIpc) is 3.16. The van der Waals surface area contributed by atoms with Crippen LogP contribution in [0.3, 0.4) is 0 Å². The van der Waals surface area contributed by atoms with Crippen LogP contribution < -0.4 is 10.1 Å². The summed E-state index contributed by atoms with van der Waals surface area (Å²) in [6, 6.07) is 7.36. The Morgan fingerprint density at radius 1 is 1.08 bits per heavy atom. The van der Waals surface area contributed by atoms with Gasteiger partial charge in [0.05, 0.1) is 0 Å². The molecule has 2 aliphatic rings. The van der Waals surface area contributed by atoms with Crippen molar-refractivity contribution in [2.24, 2.45) is 5.92 Å². The summed E-state index contributed by atoms with van der Waals surface area (Å²) in [5.41, 5.74) is 0.676. The van der Waals surface area contributed by atoms with Crippen molar-refractivity contribution in [3.8, 4) is 5.75 Å². The molecule has 0 unspecified atom stereocenters. The third kappa shape index (κ3) is 4.97. The van der Waals surface area contributed by atoms with Gasteiger partial charge in [-0.1, -0.05) is 6.92 Å². The molecule has 0 radical (unpaired) electrons. The molecule has 0 aromatic heterocycles. The van der Waals surface area contributed by atoms with Gasteiger partial charge < -0.3 is 15.0 Å². The molecule has 25 heavy (non-hydrogen) atoms. The highest BCUT2D eigenvalue weighted by molar-refractivity contribution is 5.94. The summed E-state index contributed by atoms with van der Waals surface area (Å²) in [5, 5.41) is 3.05. The van der Waals surface area contributed by atoms with Gasteiger partial charge in [-0.25, -0.2) is 0 Å². The Labute approximate surface area is 149 Å². The molecule has 1 N–H and O–H groups in total.